The lowest BCUT2D eigenvalue weighted by Crippen LogP contribution is -2.30. The monoisotopic (exact) mass is 354 g/mol. The van der Waals surface area contributed by atoms with Crippen molar-refractivity contribution in [3.8, 4) is 11.3 Å². The number of rotatable bonds is 4. The van der Waals surface area contributed by atoms with Crippen LogP contribution in [-0.2, 0) is 6.54 Å². The third kappa shape index (κ3) is 3.91. The molecule has 0 spiro atoms. The maximum atomic E-state index is 5.95. The fourth-order valence-electron chi connectivity index (χ4n) is 3.12. The van der Waals surface area contributed by atoms with Gasteiger partial charge in [-0.2, -0.15) is 0 Å². The van der Waals surface area contributed by atoms with Gasteiger partial charge >= 0.3 is 0 Å². The number of thiazole rings is 1. The van der Waals surface area contributed by atoms with Crippen LogP contribution >= 0.6 is 11.3 Å². The summed E-state index contributed by atoms with van der Waals surface area (Å²) in [6.07, 6.45) is 2.96. The molecule has 3 heterocycles. The van der Waals surface area contributed by atoms with E-state index < -0.39 is 0 Å². The van der Waals surface area contributed by atoms with E-state index >= 15 is 0 Å². The van der Waals surface area contributed by atoms with E-state index in [1.807, 2.05) is 36.5 Å². The summed E-state index contributed by atoms with van der Waals surface area (Å²) in [6.45, 7) is 6.93. The first kappa shape index (κ1) is 16.3. The quantitative estimate of drug-likeness (QED) is 0.713. The molecule has 0 radical (unpaired) electrons. The van der Waals surface area contributed by atoms with Crippen LogP contribution in [0.1, 0.15) is 18.0 Å². The van der Waals surface area contributed by atoms with E-state index in [1.54, 1.807) is 11.3 Å². The molecule has 5 nitrogen and oxygen atoms in total. The standard InChI is InChI=1S/C19H22N4OS/c1-15-14-25-19(21-15)23-9-5-8-22(10-11-23)13-18-20-12-17(24-18)16-6-3-2-4-7-16/h2-4,6-7,12,14H,5,8-11,13H2,1H3. The van der Waals surface area contributed by atoms with Crippen molar-refractivity contribution in [2.75, 3.05) is 31.1 Å². The van der Waals surface area contributed by atoms with Crippen molar-refractivity contribution in [2.45, 2.75) is 19.9 Å². The molecule has 0 atom stereocenters. The Hall–Kier alpha value is -2.18. The second kappa shape index (κ2) is 7.37. The number of oxazole rings is 1. The fraction of sp³-hybridized carbons (Fsp3) is 0.368. The third-order valence-electron chi connectivity index (χ3n) is 4.44. The molecule has 25 heavy (non-hydrogen) atoms. The molecule has 0 N–H and O–H groups in total. The van der Waals surface area contributed by atoms with E-state index in [4.69, 9.17) is 4.42 Å². The predicted molar refractivity (Wildman–Crippen MR) is 101 cm³/mol. The van der Waals surface area contributed by atoms with Crippen molar-refractivity contribution in [1.82, 2.24) is 14.9 Å². The van der Waals surface area contributed by atoms with Gasteiger partial charge in [-0.1, -0.05) is 30.3 Å². The van der Waals surface area contributed by atoms with E-state index in [0.29, 0.717) is 0 Å². The van der Waals surface area contributed by atoms with Crippen LogP contribution in [0.2, 0.25) is 0 Å². The molecular formula is C19H22N4OS. The molecule has 6 heteroatoms. The van der Waals surface area contributed by atoms with Gasteiger partial charge in [-0.3, -0.25) is 4.90 Å². The molecular weight excluding hydrogens is 332 g/mol. The van der Waals surface area contributed by atoms with Gasteiger partial charge in [0, 0.05) is 37.1 Å². The van der Waals surface area contributed by atoms with Gasteiger partial charge < -0.3 is 9.32 Å². The molecule has 1 fully saturated rings. The number of hydrogen-bond donors (Lipinski definition) is 0. The van der Waals surface area contributed by atoms with Crippen molar-refractivity contribution in [3.05, 3.63) is 53.5 Å². The van der Waals surface area contributed by atoms with E-state index in [2.05, 4.69) is 32.1 Å². The summed E-state index contributed by atoms with van der Waals surface area (Å²) >= 11 is 1.74. The van der Waals surface area contributed by atoms with Gasteiger partial charge in [-0.05, 0) is 13.3 Å². The lowest BCUT2D eigenvalue weighted by atomic mass is 10.2. The Morgan fingerprint density at radius 2 is 2.00 bits per heavy atom. The Bertz CT molecular complexity index is 814. The van der Waals surface area contributed by atoms with Gasteiger partial charge in [0.1, 0.15) is 0 Å². The number of benzene rings is 1. The normalized spacial score (nSPS) is 16.1. The number of nitrogens with zero attached hydrogens (tertiary/aromatic N) is 4. The second-order valence-corrected chi connectivity index (χ2v) is 7.21. The van der Waals surface area contributed by atoms with Crippen LogP contribution in [0.5, 0.6) is 0 Å². The molecule has 130 valence electrons. The Labute approximate surface area is 151 Å². The maximum absolute atomic E-state index is 5.95. The highest BCUT2D eigenvalue weighted by Gasteiger charge is 2.18. The number of aryl methyl sites for hydroxylation is 1. The molecule has 4 rings (SSSR count). The lowest BCUT2D eigenvalue weighted by molar-refractivity contribution is 0.256. The average Bonchev–Trinajstić information content (AvgIpc) is 3.21. The number of hydrogen-bond acceptors (Lipinski definition) is 6. The highest BCUT2D eigenvalue weighted by molar-refractivity contribution is 7.13. The van der Waals surface area contributed by atoms with Gasteiger partial charge in [0.2, 0.25) is 5.89 Å². The summed E-state index contributed by atoms with van der Waals surface area (Å²) in [5.41, 5.74) is 2.18. The SMILES string of the molecule is Cc1csc(N2CCCN(Cc3ncc(-c4ccccc4)o3)CC2)n1. The van der Waals surface area contributed by atoms with Crippen LogP contribution in [0.15, 0.2) is 46.3 Å². The summed E-state index contributed by atoms with van der Waals surface area (Å²) in [7, 11) is 0. The Morgan fingerprint density at radius 3 is 2.80 bits per heavy atom. The largest absolute Gasteiger partial charge is 0.439 e. The minimum atomic E-state index is 0.761. The summed E-state index contributed by atoms with van der Waals surface area (Å²) in [4.78, 5) is 13.9. The smallest absolute Gasteiger partial charge is 0.209 e. The highest BCUT2D eigenvalue weighted by Crippen LogP contribution is 2.23. The molecule has 0 amide bonds. The molecule has 0 aliphatic carbocycles. The Balaban J connectivity index is 1.38. The fourth-order valence-corrected chi connectivity index (χ4v) is 3.97. The second-order valence-electron chi connectivity index (χ2n) is 6.37. The van der Waals surface area contributed by atoms with E-state index in [9.17, 15) is 0 Å². The molecule has 1 aliphatic heterocycles. The minimum absolute atomic E-state index is 0.761. The maximum Gasteiger partial charge on any atom is 0.209 e. The molecule has 1 aromatic carbocycles. The van der Waals surface area contributed by atoms with Crippen molar-refractivity contribution in [1.29, 1.82) is 0 Å². The number of anilines is 1. The Morgan fingerprint density at radius 1 is 1.12 bits per heavy atom. The zero-order chi connectivity index (χ0) is 17.1. The third-order valence-corrected chi connectivity index (χ3v) is 5.46. The van der Waals surface area contributed by atoms with Gasteiger partial charge in [-0.15, -0.1) is 11.3 Å². The molecule has 1 saturated heterocycles. The summed E-state index contributed by atoms with van der Waals surface area (Å²) < 4.78 is 5.95. The minimum Gasteiger partial charge on any atom is -0.439 e. The zero-order valence-electron chi connectivity index (χ0n) is 14.4. The first-order valence-electron chi connectivity index (χ1n) is 8.67. The first-order valence-corrected chi connectivity index (χ1v) is 9.55. The molecule has 3 aromatic rings. The van der Waals surface area contributed by atoms with Crippen LogP contribution < -0.4 is 4.90 Å². The molecule has 0 bridgehead atoms. The van der Waals surface area contributed by atoms with Crippen molar-refractivity contribution in [3.63, 3.8) is 0 Å². The van der Waals surface area contributed by atoms with Crippen LogP contribution in [0.3, 0.4) is 0 Å². The Kier molecular flexibility index (Phi) is 4.81. The van der Waals surface area contributed by atoms with Gasteiger partial charge in [-0.25, -0.2) is 9.97 Å². The summed E-state index contributed by atoms with van der Waals surface area (Å²) in [6, 6.07) is 10.1. The molecule has 2 aromatic heterocycles. The highest BCUT2D eigenvalue weighted by atomic mass is 32.1. The van der Waals surface area contributed by atoms with Crippen molar-refractivity contribution in [2.24, 2.45) is 0 Å². The molecule has 1 aliphatic rings. The number of aromatic nitrogens is 2. The predicted octanol–water partition coefficient (Wildman–Crippen LogP) is 3.82. The van der Waals surface area contributed by atoms with Crippen LogP contribution in [0.25, 0.3) is 11.3 Å². The first-order chi connectivity index (χ1) is 12.3. The van der Waals surface area contributed by atoms with Gasteiger partial charge in [0.15, 0.2) is 10.9 Å². The lowest BCUT2D eigenvalue weighted by Gasteiger charge is -2.20. The van der Waals surface area contributed by atoms with Crippen LogP contribution in [-0.4, -0.2) is 41.0 Å². The van der Waals surface area contributed by atoms with Crippen molar-refractivity contribution < 1.29 is 4.42 Å². The van der Waals surface area contributed by atoms with E-state index in [1.165, 1.54) is 0 Å². The molecule has 0 saturated carbocycles. The van der Waals surface area contributed by atoms with E-state index in [-0.39, 0.29) is 0 Å². The average molecular weight is 354 g/mol. The molecule has 0 unspecified atom stereocenters. The summed E-state index contributed by atoms with van der Waals surface area (Å²) in [5, 5.41) is 3.26. The summed E-state index contributed by atoms with van der Waals surface area (Å²) in [5.74, 6) is 1.63. The van der Waals surface area contributed by atoms with Crippen LogP contribution in [0, 0.1) is 6.92 Å². The van der Waals surface area contributed by atoms with Gasteiger partial charge in [0.25, 0.3) is 0 Å². The van der Waals surface area contributed by atoms with Crippen molar-refractivity contribution >= 4 is 16.5 Å². The zero-order valence-corrected chi connectivity index (χ0v) is 15.2. The topological polar surface area (TPSA) is 45.4 Å². The van der Waals surface area contributed by atoms with E-state index in [0.717, 1.165) is 67.2 Å². The van der Waals surface area contributed by atoms with Gasteiger partial charge in [0.05, 0.1) is 18.4 Å². The van der Waals surface area contributed by atoms with Crippen LogP contribution in [0.4, 0.5) is 5.13 Å².